The second-order valence-electron chi connectivity index (χ2n) is 6.08. The summed E-state index contributed by atoms with van der Waals surface area (Å²) in [7, 11) is 0. The molecule has 0 heterocycles. The minimum absolute atomic E-state index is 0.0531. The average Bonchev–Trinajstić information content (AvgIpc) is 2.38. The summed E-state index contributed by atoms with van der Waals surface area (Å²) in [6.07, 6.45) is 4.74. The highest BCUT2D eigenvalue weighted by Gasteiger charge is 2.27. The molecule has 0 atom stereocenters. The summed E-state index contributed by atoms with van der Waals surface area (Å²) in [5, 5.41) is 0. The molecular formula is C16H21BrO2. The van der Waals surface area contributed by atoms with Crippen molar-refractivity contribution in [1.29, 1.82) is 0 Å². The quantitative estimate of drug-likeness (QED) is 0.755. The van der Waals surface area contributed by atoms with E-state index in [1.165, 1.54) is 12.8 Å². The van der Waals surface area contributed by atoms with Crippen LogP contribution >= 0.6 is 15.9 Å². The van der Waals surface area contributed by atoms with Gasteiger partial charge in [0.2, 0.25) is 0 Å². The zero-order chi connectivity index (χ0) is 13.9. The van der Waals surface area contributed by atoms with Gasteiger partial charge < -0.3 is 4.74 Å². The largest absolute Gasteiger partial charge is 0.370 e. The Morgan fingerprint density at radius 1 is 1.32 bits per heavy atom. The fourth-order valence-corrected chi connectivity index (χ4v) is 3.00. The molecule has 1 fully saturated rings. The molecule has 3 heteroatoms. The van der Waals surface area contributed by atoms with Crippen molar-refractivity contribution < 1.29 is 9.53 Å². The van der Waals surface area contributed by atoms with Crippen LogP contribution in [0.25, 0.3) is 0 Å². The smallest absolute Gasteiger partial charge is 0.189 e. The number of hydrogen-bond acceptors (Lipinski definition) is 2. The van der Waals surface area contributed by atoms with Crippen molar-refractivity contribution in [3.05, 3.63) is 34.3 Å². The van der Waals surface area contributed by atoms with Gasteiger partial charge in [0.1, 0.15) is 6.61 Å². The summed E-state index contributed by atoms with van der Waals surface area (Å²) in [4.78, 5) is 12.1. The lowest BCUT2D eigenvalue weighted by Gasteiger charge is -2.34. The van der Waals surface area contributed by atoms with Crippen LogP contribution in [0.1, 0.15) is 49.9 Å². The summed E-state index contributed by atoms with van der Waals surface area (Å²) >= 11 is 3.40. The first-order chi connectivity index (χ1) is 8.98. The number of carbonyl (C=O) groups is 1. The number of Topliss-reactive ketones (excluding diaryl/α,β-unsaturated/α-hetero) is 1. The number of halogens is 1. The molecule has 0 aliphatic heterocycles. The normalized spacial score (nSPS) is 19.3. The third-order valence-electron chi connectivity index (χ3n) is 3.91. The molecule has 1 aliphatic rings. The maximum Gasteiger partial charge on any atom is 0.189 e. The molecule has 1 aliphatic carbocycles. The van der Waals surface area contributed by atoms with Gasteiger partial charge in [-0.2, -0.15) is 0 Å². The molecule has 1 aromatic rings. The lowest BCUT2D eigenvalue weighted by molar-refractivity contribution is 0.00859. The Balaban J connectivity index is 1.83. The van der Waals surface area contributed by atoms with E-state index in [1.807, 2.05) is 24.3 Å². The van der Waals surface area contributed by atoms with Gasteiger partial charge in [-0.15, -0.1) is 0 Å². The van der Waals surface area contributed by atoms with Crippen molar-refractivity contribution in [2.45, 2.75) is 45.6 Å². The SMILES string of the molecule is CC1(C)CCC(OCC(=O)c2ccccc2Br)CC1. The van der Waals surface area contributed by atoms with Crippen LogP contribution in [0.4, 0.5) is 0 Å². The molecule has 1 aromatic carbocycles. The number of hydrogen-bond donors (Lipinski definition) is 0. The van der Waals surface area contributed by atoms with Crippen molar-refractivity contribution in [3.8, 4) is 0 Å². The molecule has 0 aromatic heterocycles. The van der Waals surface area contributed by atoms with Gasteiger partial charge in [-0.25, -0.2) is 0 Å². The van der Waals surface area contributed by atoms with E-state index in [0.717, 1.165) is 17.3 Å². The molecule has 1 saturated carbocycles. The summed E-state index contributed by atoms with van der Waals surface area (Å²) < 4.78 is 6.62. The molecule has 2 nitrogen and oxygen atoms in total. The molecule has 0 N–H and O–H groups in total. The first kappa shape index (κ1) is 14.7. The predicted molar refractivity (Wildman–Crippen MR) is 80.5 cm³/mol. The summed E-state index contributed by atoms with van der Waals surface area (Å²) in [6, 6.07) is 7.50. The van der Waals surface area contributed by atoms with Gasteiger partial charge >= 0.3 is 0 Å². The molecular weight excluding hydrogens is 304 g/mol. The second-order valence-corrected chi connectivity index (χ2v) is 6.93. The fraction of sp³-hybridized carbons (Fsp3) is 0.562. The molecule has 0 spiro atoms. The van der Waals surface area contributed by atoms with E-state index in [1.54, 1.807) is 0 Å². The third kappa shape index (κ3) is 4.15. The van der Waals surface area contributed by atoms with Crippen LogP contribution in [-0.4, -0.2) is 18.5 Å². The Bertz CT molecular complexity index is 444. The Morgan fingerprint density at radius 3 is 2.58 bits per heavy atom. The summed E-state index contributed by atoms with van der Waals surface area (Å²) in [5.41, 5.74) is 1.14. The maximum atomic E-state index is 12.1. The fourth-order valence-electron chi connectivity index (χ4n) is 2.50. The molecule has 0 unspecified atom stereocenters. The standard InChI is InChI=1S/C16H21BrO2/c1-16(2)9-7-12(8-10-16)19-11-15(18)13-5-3-4-6-14(13)17/h3-6,12H,7-11H2,1-2H3. The number of ketones is 1. The summed E-state index contributed by atoms with van der Waals surface area (Å²) in [6.45, 7) is 4.79. The first-order valence-electron chi connectivity index (χ1n) is 6.87. The van der Waals surface area contributed by atoms with Gasteiger partial charge in [-0.3, -0.25) is 4.79 Å². The molecule has 0 saturated heterocycles. The van der Waals surface area contributed by atoms with E-state index in [2.05, 4.69) is 29.8 Å². The van der Waals surface area contributed by atoms with Crippen molar-refractivity contribution in [2.75, 3.05) is 6.61 Å². The van der Waals surface area contributed by atoms with Gasteiger partial charge in [0.25, 0.3) is 0 Å². The van der Waals surface area contributed by atoms with E-state index in [9.17, 15) is 4.79 Å². The van der Waals surface area contributed by atoms with Crippen LogP contribution in [0.5, 0.6) is 0 Å². The topological polar surface area (TPSA) is 26.3 Å². The first-order valence-corrected chi connectivity index (χ1v) is 7.66. The van der Waals surface area contributed by atoms with Crippen molar-refractivity contribution in [3.63, 3.8) is 0 Å². The molecule has 19 heavy (non-hydrogen) atoms. The molecule has 0 bridgehead atoms. The van der Waals surface area contributed by atoms with Gasteiger partial charge in [0.15, 0.2) is 5.78 Å². The van der Waals surface area contributed by atoms with Crippen LogP contribution in [0.15, 0.2) is 28.7 Å². The van der Waals surface area contributed by atoms with E-state index in [-0.39, 0.29) is 18.5 Å². The zero-order valence-electron chi connectivity index (χ0n) is 11.6. The minimum atomic E-state index is 0.0531. The molecule has 0 radical (unpaired) electrons. The Labute approximate surface area is 123 Å². The monoisotopic (exact) mass is 324 g/mol. The minimum Gasteiger partial charge on any atom is -0.370 e. The number of carbonyl (C=O) groups excluding carboxylic acids is 1. The van der Waals surface area contributed by atoms with Crippen molar-refractivity contribution >= 4 is 21.7 Å². The highest BCUT2D eigenvalue weighted by Crippen LogP contribution is 2.36. The van der Waals surface area contributed by atoms with E-state index >= 15 is 0 Å². The second kappa shape index (κ2) is 6.19. The van der Waals surface area contributed by atoms with Gasteiger partial charge in [0, 0.05) is 10.0 Å². The predicted octanol–water partition coefficient (Wildman–Crippen LogP) is 4.62. The van der Waals surface area contributed by atoms with Gasteiger partial charge in [-0.05, 0) is 37.2 Å². The average molecular weight is 325 g/mol. The van der Waals surface area contributed by atoms with Gasteiger partial charge in [0.05, 0.1) is 6.10 Å². The Hall–Kier alpha value is -0.670. The van der Waals surface area contributed by atoms with Crippen LogP contribution in [0.2, 0.25) is 0 Å². The Kier molecular flexibility index (Phi) is 4.80. The Morgan fingerprint density at radius 2 is 1.95 bits per heavy atom. The number of rotatable bonds is 4. The van der Waals surface area contributed by atoms with Crippen LogP contribution < -0.4 is 0 Å². The lowest BCUT2D eigenvalue weighted by Crippen LogP contribution is -2.28. The molecule has 0 amide bonds. The highest BCUT2D eigenvalue weighted by atomic mass is 79.9. The number of ether oxygens (including phenoxy) is 1. The van der Waals surface area contributed by atoms with Crippen molar-refractivity contribution in [1.82, 2.24) is 0 Å². The van der Waals surface area contributed by atoms with Gasteiger partial charge in [-0.1, -0.05) is 48.0 Å². The molecule has 2 rings (SSSR count). The highest BCUT2D eigenvalue weighted by molar-refractivity contribution is 9.10. The lowest BCUT2D eigenvalue weighted by atomic mass is 9.76. The maximum absolute atomic E-state index is 12.1. The van der Waals surface area contributed by atoms with E-state index in [0.29, 0.717) is 11.0 Å². The zero-order valence-corrected chi connectivity index (χ0v) is 13.2. The van der Waals surface area contributed by atoms with E-state index in [4.69, 9.17) is 4.74 Å². The third-order valence-corrected chi connectivity index (χ3v) is 4.60. The summed E-state index contributed by atoms with van der Waals surface area (Å²) in [5.74, 6) is 0.0531. The van der Waals surface area contributed by atoms with Crippen LogP contribution in [0.3, 0.4) is 0 Å². The van der Waals surface area contributed by atoms with Crippen molar-refractivity contribution in [2.24, 2.45) is 5.41 Å². The van der Waals surface area contributed by atoms with E-state index < -0.39 is 0 Å². The van der Waals surface area contributed by atoms with Crippen LogP contribution in [0, 0.1) is 5.41 Å². The number of benzene rings is 1. The molecule has 104 valence electrons. The van der Waals surface area contributed by atoms with Crippen LogP contribution in [-0.2, 0) is 4.74 Å².